The van der Waals surface area contributed by atoms with Gasteiger partial charge in [0.2, 0.25) is 0 Å². The van der Waals surface area contributed by atoms with Gasteiger partial charge in [0.1, 0.15) is 17.2 Å². The number of rotatable bonds is 7. The molecule has 6 heteroatoms. The van der Waals surface area contributed by atoms with E-state index < -0.39 is 0 Å². The summed E-state index contributed by atoms with van der Waals surface area (Å²) in [5.41, 5.74) is 5.23. The van der Waals surface area contributed by atoms with Crippen LogP contribution in [0.1, 0.15) is 65.2 Å². The molecule has 0 unspecified atom stereocenters. The summed E-state index contributed by atoms with van der Waals surface area (Å²) in [5, 5.41) is 3.06. The fraction of sp³-hybridized carbons (Fsp3) is 0.314. The maximum absolute atomic E-state index is 13.2. The van der Waals surface area contributed by atoms with Crippen molar-refractivity contribution in [3.8, 4) is 17.2 Å². The van der Waals surface area contributed by atoms with Gasteiger partial charge in [-0.25, -0.2) is 0 Å². The lowest BCUT2D eigenvalue weighted by Gasteiger charge is -2.22. The summed E-state index contributed by atoms with van der Waals surface area (Å²) in [7, 11) is 0. The monoisotopic (exact) mass is 549 g/mol. The van der Waals surface area contributed by atoms with Crippen LogP contribution in [0.15, 0.2) is 91.3 Å². The first-order chi connectivity index (χ1) is 20.2. The molecular formula is C35H39N3O3. The Balaban J connectivity index is 1.26. The van der Waals surface area contributed by atoms with Crippen molar-refractivity contribution in [1.29, 1.82) is 0 Å². The molecule has 0 fully saturated rings. The number of hydrogen-bond donors (Lipinski definition) is 1. The van der Waals surface area contributed by atoms with Gasteiger partial charge in [-0.05, 0) is 103 Å². The van der Waals surface area contributed by atoms with Crippen molar-refractivity contribution in [1.82, 2.24) is 15.2 Å². The summed E-state index contributed by atoms with van der Waals surface area (Å²) < 4.78 is 12.0. The van der Waals surface area contributed by atoms with Gasteiger partial charge in [0, 0.05) is 31.3 Å². The van der Waals surface area contributed by atoms with Gasteiger partial charge in [0.05, 0.1) is 12.8 Å². The Bertz CT molecular complexity index is 1410. The molecular weight excluding hydrogens is 510 g/mol. The molecule has 0 spiro atoms. The third kappa shape index (κ3) is 8.41. The average molecular weight is 550 g/mol. The molecule has 6 nitrogen and oxygen atoms in total. The Morgan fingerprint density at radius 1 is 0.951 bits per heavy atom. The highest BCUT2D eigenvalue weighted by Gasteiger charge is 2.14. The van der Waals surface area contributed by atoms with Crippen molar-refractivity contribution in [2.45, 2.75) is 52.1 Å². The number of nitrogens with zero attached hydrogens (tertiary/aromatic N) is 2. The van der Waals surface area contributed by atoms with Crippen LogP contribution in [0.2, 0.25) is 0 Å². The Labute approximate surface area is 243 Å². The van der Waals surface area contributed by atoms with Crippen molar-refractivity contribution in [3.63, 3.8) is 0 Å². The zero-order valence-corrected chi connectivity index (χ0v) is 23.9. The topological polar surface area (TPSA) is 63.7 Å². The molecule has 2 bridgehead atoms. The SMILES string of the molecule is CCCN1CCCCCOc2ccc(C(=O)NCc3ccc(Oc4cccnc4)cc3)cc2Cc2cccc(c2)C1. The maximum atomic E-state index is 13.2. The molecule has 212 valence electrons. The van der Waals surface area contributed by atoms with Crippen LogP contribution < -0.4 is 14.8 Å². The summed E-state index contributed by atoms with van der Waals surface area (Å²) in [5.74, 6) is 2.17. The number of aromatic nitrogens is 1. The predicted molar refractivity (Wildman–Crippen MR) is 163 cm³/mol. The van der Waals surface area contributed by atoms with Crippen LogP contribution in [0.4, 0.5) is 0 Å². The summed E-state index contributed by atoms with van der Waals surface area (Å²) in [4.78, 5) is 19.8. The van der Waals surface area contributed by atoms with Crippen LogP contribution in [0.25, 0.3) is 0 Å². The number of carbonyl (C=O) groups is 1. The van der Waals surface area contributed by atoms with Crippen molar-refractivity contribution < 1.29 is 14.3 Å². The standard InChI is InChI=1S/C35H39N3O3/c1-2-18-38-19-4-3-5-20-40-34-16-13-30(23-31(34)22-28-8-6-9-29(21-28)26-38)35(39)37-24-27-11-14-32(15-12-27)41-33-10-7-17-36-25-33/h6-17,21,23,25H,2-5,18-20,22,24,26H2,1H3,(H,37,39). The highest BCUT2D eigenvalue weighted by molar-refractivity contribution is 5.94. The van der Waals surface area contributed by atoms with Crippen LogP contribution in [-0.4, -0.2) is 35.5 Å². The van der Waals surface area contributed by atoms with E-state index in [4.69, 9.17) is 9.47 Å². The van der Waals surface area contributed by atoms with Gasteiger partial charge in [-0.15, -0.1) is 0 Å². The lowest BCUT2D eigenvalue weighted by Crippen LogP contribution is -2.25. The minimum atomic E-state index is -0.105. The van der Waals surface area contributed by atoms with Crippen LogP contribution in [-0.2, 0) is 19.5 Å². The smallest absolute Gasteiger partial charge is 0.251 e. The third-order valence-electron chi connectivity index (χ3n) is 7.28. The first kappa shape index (κ1) is 28.4. The second kappa shape index (κ2) is 14.5. The molecule has 3 aromatic carbocycles. The minimum absolute atomic E-state index is 0.105. The lowest BCUT2D eigenvalue weighted by molar-refractivity contribution is 0.0950. The molecule has 1 N–H and O–H groups in total. The molecule has 0 saturated carbocycles. The van der Waals surface area contributed by atoms with E-state index in [1.54, 1.807) is 12.4 Å². The molecule has 1 amide bonds. The number of nitrogens with one attached hydrogen (secondary N) is 1. The van der Waals surface area contributed by atoms with Crippen LogP contribution in [0.3, 0.4) is 0 Å². The molecule has 1 aliphatic heterocycles. The average Bonchev–Trinajstić information content (AvgIpc) is 2.99. The van der Waals surface area contributed by atoms with E-state index in [-0.39, 0.29) is 5.91 Å². The first-order valence-corrected chi connectivity index (χ1v) is 14.7. The highest BCUT2D eigenvalue weighted by Crippen LogP contribution is 2.26. The molecule has 0 saturated heterocycles. The quantitative estimate of drug-likeness (QED) is 0.265. The van der Waals surface area contributed by atoms with E-state index >= 15 is 0 Å². The third-order valence-corrected chi connectivity index (χ3v) is 7.28. The Hall–Kier alpha value is -4.16. The molecule has 0 aliphatic carbocycles. The Kier molecular flexibility index (Phi) is 10.0. The normalized spacial score (nSPS) is 14.3. The fourth-order valence-electron chi connectivity index (χ4n) is 5.20. The first-order valence-electron chi connectivity index (χ1n) is 14.7. The van der Waals surface area contributed by atoms with Gasteiger partial charge < -0.3 is 14.8 Å². The fourth-order valence-corrected chi connectivity index (χ4v) is 5.20. The van der Waals surface area contributed by atoms with Crippen molar-refractivity contribution in [3.05, 3.63) is 119 Å². The van der Waals surface area contributed by atoms with Gasteiger partial charge >= 0.3 is 0 Å². The van der Waals surface area contributed by atoms with Crippen LogP contribution >= 0.6 is 0 Å². The number of amides is 1. The summed E-state index contributed by atoms with van der Waals surface area (Å²) in [6.07, 6.45) is 8.61. The number of carbonyl (C=O) groups excluding carboxylic acids is 1. The number of hydrogen-bond acceptors (Lipinski definition) is 5. The molecule has 41 heavy (non-hydrogen) atoms. The number of pyridine rings is 1. The highest BCUT2D eigenvalue weighted by atomic mass is 16.5. The van der Waals surface area contributed by atoms with Crippen molar-refractivity contribution >= 4 is 5.91 Å². The van der Waals surface area contributed by atoms with E-state index in [9.17, 15) is 4.79 Å². The second-order valence-corrected chi connectivity index (χ2v) is 10.6. The summed E-state index contributed by atoms with van der Waals surface area (Å²) in [6.45, 7) is 6.57. The molecule has 4 aromatic rings. The second-order valence-electron chi connectivity index (χ2n) is 10.6. The van der Waals surface area contributed by atoms with E-state index in [1.807, 2.05) is 54.6 Å². The molecule has 1 aromatic heterocycles. The van der Waals surface area contributed by atoms with E-state index in [2.05, 4.69) is 46.4 Å². The molecule has 1 aliphatic rings. The number of ether oxygens (including phenoxy) is 2. The number of benzene rings is 3. The largest absolute Gasteiger partial charge is 0.493 e. The minimum Gasteiger partial charge on any atom is -0.493 e. The molecule has 0 radical (unpaired) electrons. The zero-order chi connectivity index (χ0) is 28.3. The zero-order valence-electron chi connectivity index (χ0n) is 23.9. The Morgan fingerprint density at radius 2 is 1.83 bits per heavy atom. The van der Waals surface area contributed by atoms with Gasteiger partial charge in [-0.3, -0.25) is 14.7 Å². The summed E-state index contributed by atoms with van der Waals surface area (Å²) in [6, 6.07) is 26.0. The van der Waals surface area contributed by atoms with E-state index in [0.29, 0.717) is 24.5 Å². The van der Waals surface area contributed by atoms with E-state index in [0.717, 1.165) is 67.9 Å². The maximum Gasteiger partial charge on any atom is 0.251 e. The predicted octanol–water partition coefficient (Wildman–Crippen LogP) is 7.17. The lowest BCUT2D eigenvalue weighted by atomic mass is 9.99. The number of fused-ring (bicyclic) bond motifs is 3. The summed E-state index contributed by atoms with van der Waals surface area (Å²) >= 11 is 0. The van der Waals surface area contributed by atoms with Gasteiger partial charge in [-0.2, -0.15) is 0 Å². The van der Waals surface area contributed by atoms with Crippen LogP contribution in [0, 0.1) is 0 Å². The van der Waals surface area contributed by atoms with Gasteiger partial charge in [-0.1, -0.05) is 43.3 Å². The van der Waals surface area contributed by atoms with Crippen LogP contribution in [0.5, 0.6) is 17.2 Å². The molecule has 2 heterocycles. The van der Waals surface area contributed by atoms with E-state index in [1.165, 1.54) is 17.5 Å². The Morgan fingerprint density at radius 3 is 2.66 bits per heavy atom. The molecule has 0 atom stereocenters. The van der Waals surface area contributed by atoms with Gasteiger partial charge in [0.15, 0.2) is 0 Å². The van der Waals surface area contributed by atoms with Gasteiger partial charge in [0.25, 0.3) is 5.91 Å². The molecule has 5 rings (SSSR count). The van der Waals surface area contributed by atoms with Crippen molar-refractivity contribution in [2.24, 2.45) is 0 Å². The van der Waals surface area contributed by atoms with Crippen molar-refractivity contribution in [2.75, 3.05) is 19.7 Å².